The number of rotatable bonds is 3. The molecule has 4 aromatic rings. The molecule has 1 aliphatic heterocycles. The molecular formula is C19H19N5OS. The molecule has 1 aromatic carbocycles. The Morgan fingerprint density at radius 2 is 2.00 bits per heavy atom. The molecule has 0 N–H and O–H groups in total. The fourth-order valence-electron chi connectivity index (χ4n) is 3.70. The van der Waals surface area contributed by atoms with Crippen LogP contribution in [0, 0.1) is 0 Å². The van der Waals surface area contributed by atoms with Crippen LogP contribution < -0.4 is 5.69 Å². The molecule has 1 saturated heterocycles. The highest BCUT2D eigenvalue weighted by atomic mass is 32.1. The maximum atomic E-state index is 12.6. The van der Waals surface area contributed by atoms with Crippen molar-refractivity contribution in [1.82, 2.24) is 24.1 Å². The first kappa shape index (κ1) is 15.7. The Hall–Kier alpha value is -2.51. The minimum Gasteiger partial charge on any atom is -0.275 e. The summed E-state index contributed by atoms with van der Waals surface area (Å²) in [5.41, 5.74) is 1.66. The average Bonchev–Trinajstić information content (AvgIpc) is 3.24. The van der Waals surface area contributed by atoms with Crippen molar-refractivity contribution in [3.05, 3.63) is 64.2 Å². The van der Waals surface area contributed by atoms with Crippen LogP contribution in [0.25, 0.3) is 15.9 Å². The van der Waals surface area contributed by atoms with E-state index in [0.29, 0.717) is 12.3 Å². The van der Waals surface area contributed by atoms with Crippen LogP contribution in [0.5, 0.6) is 0 Å². The molecule has 1 unspecified atom stereocenters. The van der Waals surface area contributed by atoms with Gasteiger partial charge in [-0.25, -0.2) is 9.78 Å². The first-order valence-corrected chi connectivity index (χ1v) is 9.75. The lowest BCUT2D eigenvalue weighted by Gasteiger charge is -2.33. The van der Waals surface area contributed by atoms with Crippen LogP contribution in [-0.4, -0.2) is 30.6 Å². The number of piperidine rings is 1. The van der Waals surface area contributed by atoms with Crippen LogP contribution in [0.2, 0.25) is 0 Å². The van der Waals surface area contributed by atoms with Gasteiger partial charge < -0.3 is 0 Å². The van der Waals surface area contributed by atoms with E-state index in [-0.39, 0.29) is 11.7 Å². The van der Waals surface area contributed by atoms with E-state index in [9.17, 15) is 4.79 Å². The second-order valence-electron chi connectivity index (χ2n) is 6.70. The highest BCUT2D eigenvalue weighted by Gasteiger charge is 2.27. The van der Waals surface area contributed by atoms with Crippen LogP contribution in [0.15, 0.2) is 53.5 Å². The summed E-state index contributed by atoms with van der Waals surface area (Å²) in [6.07, 6.45) is 5.17. The zero-order valence-corrected chi connectivity index (χ0v) is 15.1. The Labute approximate surface area is 154 Å². The van der Waals surface area contributed by atoms with E-state index in [0.717, 1.165) is 29.9 Å². The lowest BCUT2D eigenvalue weighted by Crippen LogP contribution is -2.38. The van der Waals surface area contributed by atoms with E-state index in [4.69, 9.17) is 4.98 Å². The Morgan fingerprint density at radius 1 is 1.12 bits per heavy atom. The van der Waals surface area contributed by atoms with Crippen LogP contribution in [0.1, 0.15) is 30.3 Å². The first-order chi connectivity index (χ1) is 12.8. The maximum absolute atomic E-state index is 12.6. The van der Waals surface area contributed by atoms with Crippen molar-refractivity contribution in [3.63, 3.8) is 0 Å². The predicted molar refractivity (Wildman–Crippen MR) is 102 cm³/mol. The van der Waals surface area contributed by atoms with Crippen molar-refractivity contribution in [2.45, 2.75) is 32.0 Å². The molecule has 7 heteroatoms. The molecule has 0 aliphatic carbocycles. The van der Waals surface area contributed by atoms with Gasteiger partial charge in [-0.2, -0.15) is 4.68 Å². The van der Waals surface area contributed by atoms with Gasteiger partial charge in [0.2, 0.25) is 0 Å². The van der Waals surface area contributed by atoms with Gasteiger partial charge in [0.1, 0.15) is 5.01 Å². The molecule has 1 fully saturated rings. The molecule has 0 saturated carbocycles. The molecule has 1 aliphatic rings. The number of hydrogen-bond acceptors (Lipinski definition) is 5. The highest BCUT2D eigenvalue weighted by molar-refractivity contribution is 7.18. The van der Waals surface area contributed by atoms with Crippen molar-refractivity contribution in [1.29, 1.82) is 0 Å². The van der Waals surface area contributed by atoms with E-state index >= 15 is 0 Å². The fraction of sp³-hybridized carbons (Fsp3) is 0.316. The SMILES string of the molecule is O=c1n(CN2CCCCC2c2nc3ccccc3s2)nc2ccccn12. The van der Waals surface area contributed by atoms with Gasteiger partial charge >= 0.3 is 5.69 Å². The smallest absolute Gasteiger partial charge is 0.275 e. The Kier molecular flexibility index (Phi) is 3.83. The Morgan fingerprint density at radius 3 is 2.88 bits per heavy atom. The second-order valence-corrected chi connectivity index (χ2v) is 7.76. The molecule has 0 bridgehead atoms. The third-order valence-corrected chi connectivity index (χ3v) is 6.15. The van der Waals surface area contributed by atoms with E-state index in [1.807, 2.05) is 24.3 Å². The monoisotopic (exact) mass is 365 g/mol. The molecule has 0 spiro atoms. The summed E-state index contributed by atoms with van der Waals surface area (Å²) in [4.78, 5) is 19.8. The Balaban J connectivity index is 1.49. The summed E-state index contributed by atoms with van der Waals surface area (Å²) in [5, 5.41) is 5.63. The van der Waals surface area contributed by atoms with Gasteiger partial charge in [-0.1, -0.05) is 24.6 Å². The number of fused-ring (bicyclic) bond motifs is 2. The molecule has 3 aromatic heterocycles. The van der Waals surface area contributed by atoms with E-state index < -0.39 is 0 Å². The molecule has 132 valence electrons. The third kappa shape index (κ3) is 2.64. The van der Waals surface area contributed by atoms with Gasteiger partial charge in [0.05, 0.1) is 22.9 Å². The van der Waals surface area contributed by atoms with Gasteiger partial charge in [0.15, 0.2) is 5.65 Å². The number of pyridine rings is 1. The van der Waals surface area contributed by atoms with Crippen LogP contribution >= 0.6 is 11.3 Å². The molecule has 26 heavy (non-hydrogen) atoms. The standard InChI is InChI=1S/C19H19N5OS/c25-19-23-12-6-4-10-17(23)21-24(19)13-22-11-5-3-8-15(22)18-20-14-7-1-2-9-16(14)26-18/h1-2,4,6-7,9-10,12,15H,3,5,8,11,13H2. The lowest BCUT2D eigenvalue weighted by atomic mass is 10.0. The molecule has 0 amide bonds. The number of nitrogens with zero attached hydrogens (tertiary/aromatic N) is 5. The summed E-state index contributed by atoms with van der Waals surface area (Å²) >= 11 is 1.76. The number of benzene rings is 1. The van der Waals surface area contributed by atoms with Gasteiger partial charge in [-0.3, -0.25) is 9.30 Å². The highest BCUT2D eigenvalue weighted by Crippen LogP contribution is 2.35. The Bertz CT molecular complexity index is 1090. The topological polar surface area (TPSA) is 55.4 Å². The van der Waals surface area contributed by atoms with Crippen molar-refractivity contribution in [2.24, 2.45) is 0 Å². The summed E-state index contributed by atoms with van der Waals surface area (Å²) < 4.78 is 4.38. The van der Waals surface area contributed by atoms with Gasteiger partial charge in [-0.15, -0.1) is 16.4 Å². The van der Waals surface area contributed by atoms with E-state index in [1.54, 1.807) is 26.6 Å². The lowest BCUT2D eigenvalue weighted by molar-refractivity contribution is 0.102. The molecular weight excluding hydrogens is 346 g/mol. The third-order valence-electron chi connectivity index (χ3n) is 5.01. The zero-order valence-electron chi connectivity index (χ0n) is 14.3. The van der Waals surface area contributed by atoms with E-state index in [2.05, 4.69) is 28.2 Å². The summed E-state index contributed by atoms with van der Waals surface area (Å²) in [5.74, 6) is 0. The van der Waals surface area contributed by atoms with Gasteiger partial charge in [0.25, 0.3) is 0 Å². The zero-order chi connectivity index (χ0) is 17.5. The number of para-hydroxylation sites is 1. The van der Waals surface area contributed by atoms with Crippen molar-refractivity contribution in [3.8, 4) is 0 Å². The van der Waals surface area contributed by atoms with Crippen LogP contribution in [0.4, 0.5) is 0 Å². The van der Waals surface area contributed by atoms with Crippen molar-refractivity contribution in [2.75, 3.05) is 6.54 Å². The van der Waals surface area contributed by atoms with Crippen molar-refractivity contribution < 1.29 is 0 Å². The number of likely N-dealkylation sites (tertiary alicyclic amines) is 1. The largest absolute Gasteiger partial charge is 0.351 e. The molecule has 6 nitrogen and oxygen atoms in total. The predicted octanol–water partition coefficient (Wildman–Crippen LogP) is 3.29. The van der Waals surface area contributed by atoms with Gasteiger partial charge in [-0.05, 0) is 37.1 Å². The average molecular weight is 365 g/mol. The number of thiazole rings is 1. The number of aromatic nitrogens is 4. The molecule has 0 radical (unpaired) electrons. The van der Waals surface area contributed by atoms with Crippen molar-refractivity contribution >= 4 is 27.2 Å². The maximum Gasteiger partial charge on any atom is 0.351 e. The second kappa shape index (κ2) is 6.34. The van der Waals surface area contributed by atoms with Crippen LogP contribution in [0.3, 0.4) is 0 Å². The number of hydrogen-bond donors (Lipinski definition) is 0. The molecule has 1 atom stereocenters. The summed E-state index contributed by atoms with van der Waals surface area (Å²) in [6, 6.07) is 14.1. The normalized spacial score (nSPS) is 18.7. The first-order valence-electron chi connectivity index (χ1n) is 8.93. The van der Waals surface area contributed by atoms with Crippen LogP contribution in [-0.2, 0) is 6.67 Å². The minimum atomic E-state index is -0.0887. The molecule has 5 rings (SSSR count). The summed E-state index contributed by atoms with van der Waals surface area (Å²) in [7, 11) is 0. The summed E-state index contributed by atoms with van der Waals surface area (Å²) in [6.45, 7) is 1.46. The quantitative estimate of drug-likeness (QED) is 0.559. The minimum absolute atomic E-state index is 0.0887. The van der Waals surface area contributed by atoms with Gasteiger partial charge in [0, 0.05) is 12.7 Å². The van der Waals surface area contributed by atoms with E-state index in [1.165, 1.54) is 11.1 Å². The molecule has 4 heterocycles. The fourth-order valence-corrected chi connectivity index (χ4v) is 4.84.